The zero-order chi connectivity index (χ0) is 10.6. The molecule has 5 heteroatoms. The van der Waals surface area contributed by atoms with Gasteiger partial charge in [0.05, 0.1) is 10.7 Å². The summed E-state index contributed by atoms with van der Waals surface area (Å²) in [5.41, 5.74) is 6.23. The minimum Gasteiger partial charge on any atom is -0.370 e. The van der Waals surface area contributed by atoms with Gasteiger partial charge < -0.3 is 11.1 Å². The van der Waals surface area contributed by atoms with E-state index in [1.807, 2.05) is 6.92 Å². The molecule has 0 aliphatic rings. The summed E-state index contributed by atoms with van der Waals surface area (Å²) in [6, 6.07) is 5.11. The lowest BCUT2D eigenvalue weighted by Gasteiger charge is -2.07. The van der Waals surface area contributed by atoms with Gasteiger partial charge in [0.15, 0.2) is 5.96 Å². The molecule has 1 aromatic rings. The van der Waals surface area contributed by atoms with E-state index < -0.39 is 0 Å². The molecule has 0 aliphatic carbocycles. The van der Waals surface area contributed by atoms with E-state index in [1.54, 1.807) is 18.2 Å². The lowest BCUT2D eigenvalue weighted by molar-refractivity contribution is 1.12. The molecule has 3 nitrogen and oxygen atoms in total. The van der Waals surface area contributed by atoms with Gasteiger partial charge in [0, 0.05) is 11.6 Å². The van der Waals surface area contributed by atoms with Crippen LogP contribution in [0.25, 0.3) is 0 Å². The van der Waals surface area contributed by atoms with E-state index >= 15 is 0 Å². The second-order valence-electron chi connectivity index (χ2n) is 2.61. The molecule has 76 valence electrons. The van der Waals surface area contributed by atoms with Crippen LogP contribution < -0.4 is 11.1 Å². The topological polar surface area (TPSA) is 50.4 Å². The molecule has 0 heterocycles. The summed E-state index contributed by atoms with van der Waals surface area (Å²) in [6.07, 6.45) is 0. The Balaban J connectivity index is 2.85. The summed E-state index contributed by atoms with van der Waals surface area (Å²) in [7, 11) is 0. The monoisotopic (exact) mass is 231 g/mol. The second kappa shape index (κ2) is 5.08. The van der Waals surface area contributed by atoms with Crippen LogP contribution in [0.2, 0.25) is 10.0 Å². The summed E-state index contributed by atoms with van der Waals surface area (Å²) in [5.74, 6) is 0.330. The number of nitrogens with two attached hydrogens (primary N) is 1. The zero-order valence-corrected chi connectivity index (χ0v) is 9.23. The number of nitrogens with one attached hydrogen (secondary N) is 1. The number of anilines is 1. The number of benzene rings is 1. The van der Waals surface area contributed by atoms with Crippen LogP contribution in [0.3, 0.4) is 0 Å². The van der Waals surface area contributed by atoms with Gasteiger partial charge in [0.2, 0.25) is 0 Å². The van der Waals surface area contributed by atoms with E-state index in [1.165, 1.54) is 0 Å². The van der Waals surface area contributed by atoms with E-state index in [2.05, 4.69) is 10.3 Å². The fraction of sp³-hybridized carbons (Fsp3) is 0.222. The Bertz CT molecular complexity index is 350. The summed E-state index contributed by atoms with van der Waals surface area (Å²) >= 11 is 11.7. The van der Waals surface area contributed by atoms with E-state index in [4.69, 9.17) is 28.9 Å². The first-order valence-corrected chi connectivity index (χ1v) is 4.91. The first kappa shape index (κ1) is 11.1. The van der Waals surface area contributed by atoms with Crippen LogP contribution in [0.5, 0.6) is 0 Å². The van der Waals surface area contributed by atoms with Crippen LogP contribution in [-0.2, 0) is 0 Å². The van der Waals surface area contributed by atoms with Crippen molar-refractivity contribution in [1.29, 1.82) is 0 Å². The van der Waals surface area contributed by atoms with Crippen molar-refractivity contribution in [2.24, 2.45) is 10.7 Å². The zero-order valence-electron chi connectivity index (χ0n) is 7.72. The summed E-state index contributed by atoms with van der Waals surface area (Å²) in [5, 5.41) is 4.02. The van der Waals surface area contributed by atoms with Crippen molar-refractivity contribution in [1.82, 2.24) is 0 Å². The molecule has 14 heavy (non-hydrogen) atoms. The Morgan fingerprint density at radius 1 is 1.50 bits per heavy atom. The number of guanidine groups is 1. The van der Waals surface area contributed by atoms with Gasteiger partial charge in [-0.05, 0) is 25.1 Å². The highest BCUT2D eigenvalue weighted by Gasteiger charge is 2.01. The van der Waals surface area contributed by atoms with Gasteiger partial charge in [-0.15, -0.1) is 0 Å². The van der Waals surface area contributed by atoms with Crippen molar-refractivity contribution in [3.8, 4) is 0 Å². The number of hydrogen-bond acceptors (Lipinski definition) is 1. The molecule has 0 atom stereocenters. The quantitative estimate of drug-likeness (QED) is 0.608. The van der Waals surface area contributed by atoms with Gasteiger partial charge in [-0.3, -0.25) is 4.99 Å². The molecule has 0 amide bonds. The maximum absolute atomic E-state index is 5.91. The van der Waals surface area contributed by atoms with Gasteiger partial charge in [-0.2, -0.15) is 0 Å². The lowest BCUT2D eigenvalue weighted by Crippen LogP contribution is -2.22. The average molecular weight is 232 g/mol. The molecule has 0 saturated heterocycles. The number of rotatable bonds is 2. The molecule has 0 unspecified atom stereocenters. The smallest absolute Gasteiger partial charge is 0.193 e. The van der Waals surface area contributed by atoms with Gasteiger partial charge >= 0.3 is 0 Å². The SMILES string of the molecule is CCN=C(N)Nc1cc(Cl)ccc1Cl. The molecule has 3 N–H and O–H groups in total. The maximum atomic E-state index is 5.91. The van der Waals surface area contributed by atoms with Gasteiger partial charge in [0.1, 0.15) is 0 Å². The highest BCUT2D eigenvalue weighted by atomic mass is 35.5. The normalized spacial score (nSPS) is 11.5. The molecule has 1 rings (SSSR count). The van der Waals surface area contributed by atoms with Crippen molar-refractivity contribution in [2.45, 2.75) is 6.92 Å². The third kappa shape index (κ3) is 3.09. The number of nitrogens with zero attached hydrogens (tertiary/aromatic N) is 1. The van der Waals surface area contributed by atoms with E-state index in [0.29, 0.717) is 28.2 Å². The van der Waals surface area contributed by atoms with Crippen molar-refractivity contribution in [3.05, 3.63) is 28.2 Å². The first-order valence-electron chi connectivity index (χ1n) is 4.15. The van der Waals surface area contributed by atoms with Crippen LogP contribution in [-0.4, -0.2) is 12.5 Å². The van der Waals surface area contributed by atoms with Gasteiger partial charge in [-0.1, -0.05) is 23.2 Å². The maximum Gasteiger partial charge on any atom is 0.193 e. The van der Waals surface area contributed by atoms with Crippen molar-refractivity contribution < 1.29 is 0 Å². The predicted octanol–water partition coefficient (Wildman–Crippen LogP) is 2.74. The molecule has 0 radical (unpaired) electrons. The molecule has 0 aliphatic heterocycles. The van der Waals surface area contributed by atoms with Gasteiger partial charge in [0.25, 0.3) is 0 Å². The third-order valence-corrected chi connectivity index (χ3v) is 2.08. The molecule has 0 saturated carbocycles. The Hall–Kier alpha value is -0.930. The predicted molar refractivity (Wildman–Crippen MR) is 62.2 cm³/mol. The van der Waals surface area contributed by atoms with Crippen LogP contribution in [0.15, 0.2) is 23.2 Å². The minimum absolute atomic E-state index is 0.330. The number of halogens is 2. The van der Waals surface area contributed by atoms with Crippen LogP contribution >= 0.6 is 23.2 Å². The van der Waals surface area contributed by atoms with Gasteiger partial charge in [-0.25, -0.2) is 0 Å². The van der Waals surface area contributed by atoms with Crippen molar-refractivity contribution in [2.75, 3.05) is 11.9 Å². The average Bonchev–Trinajstić information content (AvgIpc) is 2.12. The molecule has 0 bridgehead atoms. The van der Waals surface area contributed by atoms with Crippen LogP contribution in [0.4, 0.5) is 5.69 Å². The third-order valence-electron chi connectivity index (χ3n) is 1.52. The lowest BCUT2D eigenvalue weighted by atomic mass is 10.3. The standard InChI is InChI=1S/C9H11Cl2N3/c1-2-13-9(12)14-8-5-6(10)3-4-7(8)11/h3-5H,2H2,1H3,(H3,12,13,14). The van der Waals surface area contributed by atoms with Crippen molar-refractivity contribution >= 4 is 34.8 Å². The minimum atomic E-state index is 0.330. The highest BCUT2D eigenvalue weighted by molar-refractivity contribution is 6.35. The molecule has 0 spiro atoms. The Morgan fingerprint density at radius 3 is 2.86 bits per heavy atom. The molecule has 0 aromatic heterocycles. The number of aliphatic imine (C=N–C) groups is 1. The van der Waals surface area contributed by atoms with Crippen LogP contribution in [0.1, 0.15) is 6.92 Å². The van der Waals surface area contributed by atoms with E-state index in [9.17, 15) is 0 Å². The fourth-order valence-electron chi connectivity index (χ4n) is 0.941. The van der Waals surface area contributed by atoms with E-state index in [0.717, 1.165) is 0 Å². The molecule has 1 aromatic carbocycles. The molecular formula is C9H11Cl2N3. The van der Waals surface area contributed by atoms with E-state index in [-0.39, 0.29) is 0 Å². The highest BCUT2D eigenvalue weighted by Crippen LogP contribution is 2.24. The largest absolute Gasteiger partial charge is 0.370 e. The Kier molecular flexibility index (Phi) is 4.04. The Morgan fingerprint density at radius 2 is 2.21 bits per heavy atom. The molecule has 0 fully saturated rings. The van der Waals surface area contributed by atoms with Crippen molar-refractivity contribution in [3.63, 3.8) is 0 Å². The summed E-state index contributed by atoms with van der Waals surface area (Å²) in [6.45, 7) is 2.52. The van der Waals surface area contributed by atoms with Crippen LogP contribution in [0, 0.1) is 0 Å². The fourth-order valence-corrected chi connectivity index (χ4v) is 1.28. The number of hydrogen-bond donors (Lipinski definition) is 2. The Labute approximate surface area is 92.9 Å². The summed E-state index contributed by atoms with van der Waals surface area (Å²) in [4.78, 5) is 3.97. The summed E-state index contributed by atoms with van der Waals surface area (Å²) < 4.78 is 0. The first-order chi connectivity index (χ1) is 6.63. The molecular weight excluding hydrogens is 221 g/mol. The second-order valence-corrected chi connectivity index (χ2v) is 3.45.